The molecule has 2 saturated heterocycles. The van der Waals surface area contributed by atoms with E-state index in [2.05, 4.69) is 5.32 Å². The summed E-state index contributed by atoms with van der Waals surface area (Å²) in [7, 11) is -3.29. The first-order chi connectivity index (χ1) is 9.95. The number of amides is 1. The van der Waals surface area contributed by atoms with Gasteiger partial charge in [0.25, 0.3) is 5.91 Å². The number of sulfone groups is 1. The Morgan fingerprint density at radius 2 is 2.14 bits per heavy atom. The van der Waals surface area contributed by atoms with E-state index in [1.54, 1.807) is 12.1 Å². The minimum atomic E-state index is -3.29. The molecule has 0 aromatic heterocycles. The first-order valence-corrected chi connectivity index (χ1v) is 9.17. The Kier molecular flexibility index (Phi) is 3.75. The van der Waals surface area contributed by atoms with Crippen molar-refractivity contribution in [1.82, 2.24) is 10.2 Å². The largest absolute Gasteiger partial charge is 0.337 e. The second kappa shape index (κ2) is 5.42. The fourth-order valence-corrected chi connectivity index (χ4v) is 3.92. The standard InChI is InChI=1S/C15H20N2O3S/c1-21(19,20)13-6-2-4-11(8-13)15(18)17-9-12-5-3-7-16-14(12)10-17/h2,4,6,8,12,14,16H,3,5,7,9-10H2,1H3. The van der Waals surface area contributed by atoms with E-state index in [0.29, 0.717) is 24.1 Å². The Morgan fingerprint density at radius 3 is 2.86 bits per heavy atom. The summed E-state index contributed by atoms with van der Waals surface area (Å²) in [5.41, 5.74) is 0.455. The van der Waals surface area contributed by atoms with E-state index in [-0.39, 0.29) is 10.8 Å². The lowest BCUT2D eigenvalue weighted by Crippen LogP contribution is -2.41. The summed E-state index contributed by atoms with van der Waals surface area (Å²) >= 11 is 0. The molecule has 1 N–H and O–H groups in total. The van der Waals surface area contributed by atoms with Gasteiger partial charge in [-0.3, -0.25) is 4.79 Å². The highest BCUT2D eigenvalue weighted by atomic mass is 32.2. The zero-order valence-electron chi connectivity index (χ0n) is 12.1. The molecule has 2 fully saturated rings. The molecular weight excluding hydrogens is 288 g/mol. The molecule has 0 aliphatic carbocycles. The van der Waals surface area contributed by atoms with Crippen LogP contribution in [0.4, 0.5) is 0 Å². The predicted octanol–water partition coefficient (Wildman–Crippen LogP) is 0.914. The molecule has 6 heteroatoms. The number of fused-ring (bicyclic) bond motifs is 1. The molecule has 0 radical (unpaired) electrons. The number of carbonyl (C=O) groups excluding carboxylic acids is 1. The van der Waals surface area contributed by atoms with Gasteiger partial charge in [0.15, 0.2) is 9.84 Å². The van der Waals surface area contributed by atoms with Crippen molar-refractivity contribution in [1.29, 1.82) is 0 Å². The molecule has 3 rings (SSSR count). The van der Waals surface area contributed by atoms with Crippen LogP contribution in [0.25, 0.3) is 0 Å². The van der Waals surface area contributed by atoms with Crippen molar-refractivity contribution in [2.24, 2.45) is 5.92 Å². The van der Waals surface area contributed by atoms with Crippen LogP contribution in [0.2, 0.25) is 0 Å². The number of nitrogens with zero attached hydrogens (tertiary/aromatic N) is 1. The summed E-state index contributed by atoms with van der Waals surface area (Å²) < 4.78 is 23.2. The number of likely N-dealkylation sites (tertiary alicyclic amines) is 1. The molecule has 2 aliphatic rings. The van der Waals surface area contributed by atoms with E-state index in [4.69, 9.17) is 0 Å². The van der Waals surface area contributed by atoms with Crippen molar-refractivity contribution in [3.8, 4) is 0 Å². The zero-order chi connectivity index (χ0) is 15.0. The van der Waals surface area contributed by atoms with Crippen molar-refractivity contribution < 1.29 is 13.2 Å². The van der Waals surface area contributed by atoms with Gasteiger partial charge in [0.1, 0.15) is 0 Å². The smallest absolute Gasteiger partial charge is 0.253 e. The lowest BCUT2D eigenvalue weighted by molar-refractivity contribution is 0.0785. The summed E-state index contributed by atoms with van der Waals surface area (Å²) in [5, 5.41) is 3.46. The highest BCUT2D eigenvalue weighted by Crippen LogP contribution is 2.26. The number of hydrogen-bond donors (Lipinski definition) is 1. The van der Waals surface area contributed by atoms with Gasteiger partial charge in [0.2, 0.25) is 0 Å². The number of rotatable bonds is 2. The summed E-state index contributed by atoms with van der Waals surface area (Å²) in [5.74, 6) is 0.456. The third-order valence-corrected chi connectivity index (χ3v) is 5.51. The van der Waals surface area contributed by atoms with Gasteiger partial charge in [-0.2, -0.15) is 0 Å². The topological polar surface area (TPSA) is 66.5 Å². The summed E-state index contributed by atoms with van der Waals surface area (Å²) in [6, 6.07) is 6.71. The van der Waals surface area contributed by atoms with Crippen molar-refractivity contribution in [3.05, 3.63) is 29.8 Å². The molecule has 114 valence electrons. The van der Waals surface area contributed by atoms with Gasteiger partial charge in [-0.1, -0.05) is 6.07 Å². The average Bonchev–Trinajstić information content (AvgIpc) is 2.89. The van der Waals surface area contributed by atoms with Crippen LogP contribution >= 0.6 is 0 Å². The molecule has 1 amide bonds. The number of carbonyl (C=O) groups is 1. The molecule has 1 aromatic rings. The molecule has 2 heterocycles. The molecule has 2 unspecified atom stereocenters. The van der Waals surface area contributed by atoms with E-state index in [1.807, 2.05) is 4.90 Å². The third kappa shape index (κ3) is 2.96. The highest BCUT2D eigenvalue weighted by Gasteiger charge is 2.36. The van der Waals surface area contributed by atoms with Gasteiger partial charge in [0.05, 0.1) is 4.90 Å². The number of nitrogens with one attached hydrogen (secondary N) is 1. The molecule has 21 heavy (non-hydrogen) atoms. The molecule has 5 nitrogen and oxygen atoms in total. The lowest BCUT2D eigenvalue weighted by atomic mass is 9.94. The van der Waals surface area contributed by atoms with Crippen LogP contribution < -0.4 is 5.32 Å². The third-order valence-electron chi connectivity index (χ3n) is 4.40. The first-order valence-electron chi connectivity index (χ1n) is 7.28. The van der Waals surface area contributed by atoms with Crippen molar-refractivity contribution in [2.45, 2.75) is 23.8 Å². The quantitative estimate of drug-likeness (QED) is 0.882. The molecule has 2 aliphatic heterocycles. The maximum atomic E-state index is 12.6. The summed E-state index contributed by atoms with van der Waals surface area (Å²) in [6.07, 6.45) is 3.47. The van der Waals surface area contributed by atoms with Crippen molar-refractivity contribution in [2.75, 3.05) is 25.9 Å². The van der Waals surface area contributed by atoms with Crippen LogP contribution in [-0.2, 0) is 9.84 Å². The Labute approximate surface area is 125 Å². The normalized spacial score (nSPS) is 25.7. The van der Waals surface area contributed by atoms with Gasteiger partial charge in [-0.05, 0) is 43.5 Å². The second-order valence-corrected chi connectivity index (χ2v) is 7.99. The Morgan fingerprint density at radius 1 is 1.33 bits per heavy atom. The van der Waals surface area contributed by atoms with Gasteiger partial charge >= 0.3 is 0 Å². The maximum Gasteiger partial charge on any atom is 0.253 e. The monoisotopic (exact) mass is 308 g/mol. The minimum Gasteiger partial charge on any atom is -0.337 e. The van der Waals surface area contributed by atoms with Crippen LogP contribution in [-0.4, -0.2) is 51.2 Å². The molecular formula is C15H20N2O3S. The predicted molar refractivity (Wildman–Crippen MR) is 80.0 cm³/mol. The van der Waals surface area contributed by atoms with E-state index in [0.717, 1.165) is 32.2 Å². The Balaban J connectivity index is 1.80. The van der Waals surface area contributed by atoms with Crippen LogP contribution in [0.3, 0.4) is 0 Å². The molecule has 0 spiro atoms. The van der Waals surface area contributed by atoms with Crippen LogP contribution in [0.1, 0.15) is 23.2 Å². The van der Waals surface area contributed by atoms with Crippen LogP contribution in [0, 0.1) is 5.92 Å². The SMILES string of the molecule is CS(=O)(=O)c1cccc(C(=O)N2CC3CCCNC3C2)c1. The van der Waals surface area contributed by atoms with E-state index < -0.39 is 9.84 Å². The van der Waals surface area contributed by atoms with E-state index in [9.17, 15) is 13.2 Å². The summed E-state index contributed by atoms with van der Waals surface area (Å²) in [4.78, 5) is 14.6. The number of benzene rings is 1. The van der Waals surface area contributed by atoms with Crippen molar-refractivity contribution >= 4 is 15.7 Å². The zero-order valence-corrected chi connectivity index (χ0v) is 12.9. The second-order valence-electron chi connectivity index (χ2n) is 5.97. The lowest BCUT2D eigenvalue weighted by Gasteiger charge is -2.24. The molecule has 2 atom stereocenters. The molecule has 0 bridgehead atoms. The fourth-order valence-electron chi connectivity index (χ4n) is 3.25. The Bertz CT molecular complexity index is 643. The van der Waals surface area contributed by atoms with Gasteiger partial charge in [-0.15, -0.1) is 0 Å². The summed E-state index contributed by atoms with van der Waals surface area (Å²) in [6.45, 7) is 2.50. The minimum absolute atomic E-state index is 0.0725. The fraction of sp³-hybridized carbons (Fsp3) is 0.533. The highest BCUT2D eigenvalue weighted by molar-refractivity contribution is 7.90. The molecule has 0 saturated carbocycles. The first kappa shape index (κ1) is 14.5. The van der Waals surface area contributed by atoms with Gasteiger partial charge in [0, 0.05) is 31.0 Å². The number of piperidine rings is 1. The maximum absolute atomic E-state index is 12.6. The van der Waals surface area contributed by atoms with E-state index >= 15 is 0 Å². The van der Waals surface area contributed by atoms with Crippen LogP contribution in [0.5, 0.6) is 0 Å². The van der Waals surface area contributed by atoms with E-state index in [1.165, 1.54) is 12.1 Å². The average molecular weight is 308 g/mol. The number of hydrogen-bond acceptors (Lipinski definition) is 4. The Hall–Kier alpha value is -1.40. The van der Waals surface area contributed by atoms with Gasteiger partial charge < -0.3 is 10.2 Å². The van der Waals surface area contributed by atoms with Crippen LogP contribution in [0.15, 0.2) is 29.2 Å². The van der Waals surface area contributed by atoms with Gasteiger partial charge in [-0.25, -0.2) is 8.42 Å². The molecule has 1 aromatic carbocycles. The van der Waals surface area contributed by atoms with Crippen molar-refractivity contribution in [3.63, 3.8) is 0 Å².